The van der Waals surface area contributed by atoms with Crippen LogP contribution in [0.3, 0.4) is 0 Å². The largest absolute Gasteiger partial charge is 0.368 e. The minimum absolute atomic E-state index is 0.206. The Hall–Kier alpha value is -3.34. The van der Waals surface area contributed by atoms with E-state index in [1.165, 1.54) is 12.1 Å². The average Bonchev–Trinajstić information content (AvgIpc) is 2.62. The van der Waals surface area contributed by atoms with E-state index in [-0.39, 0.29) is 11.8 Å². The SMILES string of the molecule is Nc1nc(-c2ccccc2)c2nc(-c3ccc(F)cc3)ccc2n1. The number of benzene rings is 2. The third-order valence-corrected chi connectivity index (χ3v) is 3.75. The highest BCUT2D eigenvalue weighted by molar-refractivity contribution is 5.91. The van der Waals surface area contributed by atoms with Crippen molar-refractivity contribution in [2.24, 2.45) is 0 Å². The predicted molar refractivity (Wildman–Crippen MR) is 92.6 cm³/mol. The zero-order chi connectivity index (χ0) is 16.5. The lowest BCUT2D eigenvalue weighted by molar-refractivity contribution is 0.628. The van der Waals surface area contributed by atoms with Gasteiger partial charge < -0.3 is 5.73 Å². The van der Waals surface area contributed by atoms with Gasteiger partial charge in [0.15, 0.2) is 0 Å². The summed E-state index contributed by atoms with van der Waals surface area (Å²) in [6, 6.07) is 19.6. The normalized spacial score (nSPS) is 10.9. The number of hydrogen-bond donors (Lipinski definition) is 1. The summed E-state index contributed by atoms with van der Waals surface area (Å²) < 4.78 is 13.1. The van der Waals surface area contributed by atoms with Crippen LogP contribution >= 0.6 is 0 Å². The molecule has 0 radical (unpaired) electrons. The number of pyridine rings is 1. The van der Waals surface area contributed by atoms with Crippen LogP contribution in [0.15, 0.2) is 66.7 Å². The Morgan fingerprint density at radius 3 is 2.21 bits per heavy atom. The highest BCUT2D eigenvalue weighted by Crippen LogP contribution is 2.28. The first kappa shape index (κ1) is 14.3. The molecular formula is C19H13FN4. The second-order valence-electron chi connectivity index (χ2n) is 5.37. The van der Waals surface area contributed by atoms with Crippen molar-refractivity contribution in [3.8, 4) is 22.5 Å². The van der Waals surface area contributed by atoms with E-state index in [2.05, 4.69) is 15.0 Å². The molecule has 0 atom stereocenters. The number of halogens is 1. The van der Waals surface area contributed by atoms with Crippen LogP contribution < -0.4 is 5.73 Å². The number of nitrogens with zero attached hydrogens (tertiary/aromatic N) is 3. The molecule has 0 saturated heterocycles. The first-order valence-corrected chi connectivity index (χ1v) is 7.46. The fourth-order valence-corrected chi connectivity index (χ4v) is 2.61. The highest BCUT2D eigenvalue weighted by Gasteiger charge is 2.11. The molecule has 2 N–H and O–H groups in total. The van der Waals surface area contributed by atoms with Gasteiger partial charge in [0, 0.05) is 11.1 Å². The summed E-state index contributed by atoms with van der Waals surface area (Å²) in [5.74, 6) is -0.0710. The van der Waals surface area contributed by atoms with Crippen molar-refractivity contribution in [2.75, 3.05) is 5.73 Å². The Balaban J connectivity index is 1.95. The standard InChI is InChI=1S/C19H13FN4/c20-14-8-6-12(7-9-14)15-10-11-16-18(22-15)17(24-19(21)23-16)13-4-2-1-3-5-13/h1-11H,(H2,21,23,24). The minimum Gasteiger partial charge on any atom is -0.368 e. The van der Waals surface area contributed by atoms with Gasteiger partial charge in [-0.05, 0) is 36.4 Å². The second-order valence-corrected chi connectivity index (χ2v) is 5.37. The smallest absolute Gasteiger partial charge is 0.221 e. The van der Waals surface area contributed by atoms with Gasteiger partial charge in [0.1, 0.15) is 17.0 Å². The van der Waals surface area contributed by atoms with Gasteiger partial charge in [-0.25, -0.2) is 19.3 Å². The van der Waals surface area contributed by atoms with Gasteiger partial charge in [-0.3, -0.25) is 0 Å². The Labute approximate surface area is 137 Å². The van der Waals surface area contributed by atoms with E-state index in [1.54, 1.807) is 12.1 Å². The Morgan fingerprint density at radius 1 is 0.708 bits per heavy atom. The quantitative estimate of drug-likeness (QED) is 0.605. The van der Waals surface area contributed by atoms with Crippen LogP contribution in [-0.4, -0.2) is 15.0 Å². The summed E-state index contributed by atoms with van der Waals surface area (Å²) in [7, 11) is 0. The highest BCUT2D eigenvalue weighted by atomic mass is 19.1. The summed E-state index contributed by atoms with van der Waals surface area (Å²) in [4.78, 5) is 13.3. The zero-order valence-corrected chi connectivity index (χ0v) is 12.6. The molecule has 4 rings (SSSR count). The molecule has 2 heterocycles. The number of nitrogen functional groups attached to an aromatic ring is 1. The molecular weight excluding hydrogens is 303 g/mol. The zero-order valence-electron chi connectivity index (χ0n) is 12.6. The Bertz CT molecular complexity index is 1010. The Morgan fingerprint density at radius 2 is 1.46 bits per heavy atom. The van der Waals surface area contributed by atoms with E-state index in [0.717, 1.165) is 16.8 Å². The van der Waals surface area contributed by atoms with Crippen LogP contribution in [0.5, 0.6) is 0 Å². The van der Waals surface area contributed by atoms with E-state index in [1.807, 2.05) is 42.5 Å². The molecule has 0 aliphatic heterocycles. The summed E-state index contributed by atoms with van der Waals surface area (Å²) >= 11 is 0. The number of hydrogen-bond acceptors (Lipinski definition) is 4. The molecule has 2 aromatic heterocycles. The lowest BCUT2D eigenvalue weighted by Crippen LogP contribution is -2.00. The lowest BCUT2D eigenvalue weighted by atomic mass is 10.1. The molecule has 5 heteroatoms. The van der Waals surface area contributed by atoms with Crippen molar-refractivity contribution in [3.05, 3.63) is 72.5 Å². The summed E-state index contributed by atoms with van der Waals surface area (Å²) in [6.45, 7) is 0. The first-order valence-electron chi connectivity index (χ1n) is 7.46. The second kappa shape index (κ2) is 5.70. The van der Waals surface area contributed by atoms with Crippen molar-refractivity contribution < 1.29 is 4.39 Å². The van der Waals surface area contributed by atoms with Crippen LogP contribution in [0.25, 0.3) is 33.5 Å². The number of nitrogens with two attached hydrogens (primary N) is 1. The molecule has 0 amide bonds. The van der Waals surface area contributed by atoms with Gasteiger partial charge in [-0.15, -0.1) is 0 Å². The van der Waals surface area contributed by atoms with E-state index < -0.39 is 0 Å². The van der Waals surface area contributed by atoms with Crippen LogP contribution in [-0.2, 0) is 0 Å². The molecule has 0 aliphatic rings. The monoisotopic (exact) mass is 316 g/mol. The fourth-order valence-electron chi connectivity index (χ4n) is 2.61. The number of rotatable bonds is 2. The van der Waals surface area contributed by atoms with Crippen LogP contribution in [0.4, 0.5) is 10.3 Å². The van der Waals surface area contributed by atoms with Crippen molar-refractivity contribution in [2.45, 2.75) is 0 Å². The molecule has 0 fully saturated rings. The van der Waals surface area contributed by atoms with Crippen molar-refractivity contribution in [3.63, 3.8) is 0 Å². The van der Waals surface area contributed by atoms with Crippen molar-refractivity contribution >= 4 is 17.0 Å². The maximum Gasteiger partial charge on any atom is 0.221 e. The van der Waals surface area contributed by atoms with Gasteiger partial charge in [-0.2, -0.15) is 0 Å². The van der Waals surface area contributed by atoms with E-state index in [0.29, 0.717) is 16.7 Å². The van der Waals surface area contributed by atoms with Gasteiger partial charge in [0.25, 0.3) is 0 Å². The van der Waals surface area contributed by atoms with Crippen LogP contribution in [0.2, 0.25) is 0 Å². The van der Waals surface area contributed by atoms with E-state index >= 15 is 0 Å². The van der Waals surface area contributed by atoms with Crippen molar-refractivity contribution in [1.29, 1.82) is 0 Å². The minimum atomic E-state index is -0.277. The molecule has 0 saturated carbocycles. The fraction of sp³-hybridized carbons (Fsp3) is 0. The molecule has 2 aromatic carbocycles. The summed E-state index contributed by atoms with van der Waals surface area (Å²) in [6.07, 6.45) is 0. The molecule has 0 aliphatic carbocycles. The van der Waals surface area contributed by atoms with Gasteiger partial charge in [0.2, 0.25) is 5.95 Å². The average molecular weight is 316 g/mol. The molecule has 24 heavy (non-hydrogen) atoms. The maximum atomic E-state index is 13.1. The predicted octanol–water partition coefficient (Wildman–Crippen LogP) is 4.08. The van der Waals surface area contributed by atoms with Crippen molar-refractivity contribution in [1.82, 2.24) is 15.0 Å². The third-order valence-electron chi connectivity index (χ3n) is 3.75. The lowest BCUT2D eigenvalue weighted by Gasteiger charge is -2.08. The summed E-state index contributed by atoms with van der Waals surface area (Å²) in [5.41, 5.74) is 10.3. The van der Waals surface area contributed by atoms with Gasteiger partial charge >= 0.3 is 0 Å². The van der Waals surface area contributed by atoms with Gasteiger partial charge in [0.05, 0.1) is 11.2 Å². The van der Waals surface area contributed by atoms with Crippen LogP contribution in [0, 0.1) is 5.82 Å². The Kier molecular flexibility index (Phi) is 3.39. The third kappa shape index (κ3) is 2.56. The first-order chi connectivity index (χ1) is 11.7. The molecule has 4 nitrogen and oxygen atoms in total. The topological polar surface area (TPSA) is 64.7 Å². The summed E-state index contributed by atoms with van der Waals surface area (Å²) in [5, 5.41) is 0. The molecule has 0 bridgehead atoms. The molecule has 0 spiro atoms. The molecule has 4 aromatic rings. The van der Waals surface area contributed by atoms with E-state index in [4.69, 9.17) is 5.73 Å². The van der Waals surface area contributed by atoms with Gasteiger partial charge in [-0.1, -0.05) is 30.3 Å². The van der Waals surface area contributed by atoms with Crippen LogP contribution in [0.1, 0.15) is 0 Å². The van der Waals surface area contributed by atoms with E-state index in [9.17, 15) is 4.39 Å². The number of anilines is 1. The number of fused-ring (bicyclic) bond motifs is 1. The maximum absolute atomic E-state index is 13.1. The molecule has 0 unspecified atom stereocenters. The number of aromatic nitrogens is 3. The molecule has 116 valence electrons.